The van der Waals surface area contributed by atoms with E-state index < -0.39 is 0 Å². The molecule has 0 unspecified atom stereocenters. The lowest BCUT2D eigenvalue weighted by molar-refractivity contribution is 0.102. The van der Waals surface area contributed by atoms with Crippen LogP contribution in [0.4, 0.5) is 5.69 Å². The van der Waals surface area contributed by atoms with Crippen LogP contribution in [0.25, 0.3) is 0 Å². The molecule has 98 valence electrons. The van der Waals surface area contributed by atoms with Crippen molar-refractivity contribution in [1.29, 1.82) is 0 Å². The number of aromatic nitrogens is 1. The second-order valence-corrected chi connectivity index (χ2v) is 4.98. The van der Waals surface area contributed by atoms with Gasteiger partial charge in [-0.2, -0.15) is 0 Å². The number of halogens is 2. The number of nitrogens with zero attached hydrogens (tertiary/aromatic N) is 1. The molecule has 0 saturated carbocycles. The van der Waals surface area contributed by atoms with Crippen molar-refractivity contribution in [3.63, 3.8) is 0 Å². The van der Waals surface area contributed by atoms with E-state index in [2.05, 4.69) is 26.2 Å². The first-order valence-corrected chi connectivity index (χ1v) is 6.53. The molecule has 0 atom stereocenters. The van der Waals surface area contributed by atoms with Gasteiger partial charge < -0.3 is 10.1 Å². The van der Waals surface area contributed by atoms with Gasteiger partial charge in [0.1, 0.15) is 11.4 Å². The zero-order valence-corrected chi connectivity index (χ0v) is 12.3. The minimum Gasteiger partial charge on any atom is -0.497 e. The summed E-state index contributed by atoms with van der Waals surface area (Å²) in [5, 5.41) is 3.13. The summed E-state index contributed by atoms with van der Waals surface area (Å²) in [5.41, 5.74) is 0.790. The quantitative estimate of drug-likeness (QED) is 0.925. The first-order chi connectivity index (χ1) is 9.10. The molecular formula is C13H10BrClN2O2. The van der Waals surface area contributed by atoms with Gasteiger partial charge in [-0.1, -0.05) is 11.6 Å². The van der Waals surface area contributed by atoms with Crippen molar-refractivity contribution in [3.05, 3.63) is 51.7 Å². The Morgan fingerprint density at radius 2 is 2.16 bits per heavy atom. The molecule has 0 aliphatic rings. The van der Waals surface area contributed by atoms with Crippen LogP contribution in [-0.4, -0.2) is 18.0 Å². The molecule has 2 rings (SSSR count). The van der Waals surface area contributed by atoms with Gasteiger partial charge in [0.05, 0.1) is 17.8 Å². The topological polar surface area (TPSA) is 51.2 Å². The summed E-state index contributed by atoms with van der Waals surface area (Å²) in [5.74, 6) is 0.283. The van der Waals surface area contributed by atoms with E-state index in [-0.39, 0.29) is 5.91 Å². The molecule has 0 aliphatic heterocycles. The summed E-state index contributed by atoms with van der Waals surface area (Å²) >= 11 is 9.27. The predicted molar refractivity (Wildman–Crippen MR) is 77.9 cm³/mol. The van der Waals surface area contributed by atoms with Crippen molar-refractivity contribution in [2.45, 2.75) is 0 Å². The molecule has 0 fully saturated rings. The molecule has 1 aromatic carbocycles. The normalized spacial score (nSPS) is 10.1. The summed E-state index contributed by atoms with van der Waals surface area (Å²) in [6.45, 7) is 0. The van der Waals surface area contributed by atoms with E-state index in [4.69, 9.17) is 16.3 Å². The van der Waals surface area contributed by atoms with Crippen molar-refractivity contribution >= 4 is 39.1 Å². The smallest absolute Gasteiger partial charge is 0.274 e. The molecule has 0 aliphatic carbocycles. The second-order valence-electron chi connectivity index (χ2n) is 3.66. The molecule has 6 heteroatoms. The van der Waals surface area contributed by atoms with Gasteiger partial charge >= 0.3 is 0 Å². The highest BCUT2D eigenvalue weighted by molar-refractivity contribution is 9.10. The number of benzene rings is 1. The maximum Gasteiger partial charge on any atom is 0.274 e. The van der Waals surface area contributed by atoms with Crippen LogP contribution in [0.3, 0.4) is 0 Å². The minimum absolute atomic E-state index is 0.307. The Bertz CT molecular complexity index is 602. The number of methoxy groups -OCH3 is 1. The Balaban J connectivity index is 2.21. The fourth-order valence-corrected chi connectivity index (χ4v) is 1.82. The summed E-state index contributed by atoms with van der Waals surface area (Å²) < 4.78 is 5.89. The Morgan fingerprint density at radius 3 is 2.79 bits per heavy atom. The van der Waals surface area contributed by atoms with Gasteiger partial charge in [0.15, 0.2) is 0 Å². The van der Waals surface area contributed by atoms with Gasteiger partial charge in [0.25, 0.3) is 5.91 Å². The second kappa shape index (κ2) is 6.04. The van der Waals surface area contributed by atoms with Crippen LogP contribution in [0, 0.1) is 0 Å². The summed E-state index contributed by atoms with van der Waals surface area (Å²) in [6.07, 6.45) is 1.56. The Labute approximate surface area is 123 Å². The first-order valence-electron chi connectivity index (χ1n) is 5.36. The van der Waals surface area contributed by atoms with Gasteiger partial charge in [0.2, 0.25) is 0 Å². The highest BCUT2D eigenvalue weighted by atomic mass is 79.9. The number of hydrogen-bond donors (Lipinski definition) is 1. The van der Waals surface area contributed by atoms with Crippen LogP contribution in [0.2, 0.25) is 5.02 Å². The molecule has 1 N–H and O–H groups in total. The highest BCUT2D eigenvalue weighted by Crippen LogP contribution is 2.27. The van der Waals surface area contributed by atoms with E-state index in [0.29, 0.717) is 22.2 Å². The fraction of sp³-hybridized carbons (Fsp3) is 0.0769. The number of anilines is 1. The molecule has 0 saturated heterocycles. The Hall–Kier alpha value is -1.59. The van der Waals surface area contributed by atoms with Crippen molar-refractivity contribution in [2.75, 3.05) is 12.4 Å². The average molecular weight is 342 g/mol. The molecule has 4 nitrogen and oxygen atoms in total. The minimum atomic E-state index is -0.331. The van der Waals surface area contributed by atoms with E-state index in [9.17, 15) is 4.79 Å². The van der Waals surface area contributed by atoms with E-state index in [1.54, 1.807) is 43.6 Å². The summed E-state index contributed by atoms with van der Waals surface area (Å²) in [7, 11) is 1.55. The Morgan fingerprint density at radius 1 is 1.37 bits per heavy atom. The molecular weight excluding hydrogens is 332 g/mol. The number of amides is 1. The molecule has 1 aromatic heterocycles. The summed E-state index contributed by atoms with van der Waals surface area (Å²) in [4.78, 5) is 16.0. The molecule has 1 amide bonds. The SMILES string of the molecule is COc1ccc(Cl)c(NC(=O)c2ccc(Br)cn2)c1. The molecule has 0 spiro atoms. The van der Waals surface area contributed by atoms with Crippen LogP contribution in [-0.2, 0) is 0 Å². The average Bonchev–Trinajstić information content (AvgIpc) is 2.42. The van der Waals surface area contributed by atoms with Gasteiger partial charge in [-0.25, -0.2) is 4.98 Å². The first kappa shape index (κ1) is 13.8. The maximum absolute atomic E-state index is 12.0. The van der Waals surface area contributed by atoms with E-state index in [0.717, 1.165) is 4.47 Å². The predicted octanol–water partition coefficient (Wildman–Crippen LogP) is 3.76. The van der Waals surface area contributed by atoms with Crippen LogP contribution >= 0.6 is 27.5 Å². The largest absolute Gasteiger partial charge is 0.497 e. The zero-order valence-electron chi connectivity index (χ0n) is 9.98. The number of carbonyl (C=O) groups is 1. The van der Waals surface area contributed by atoms with Crippen molar-refractivity contribution in [3.8, 4) is 5.75 Å². The number of nitrogens with one attached hydrogen (secondary N) is 1. The standard InChI is InChI=1S/C13H10BrClN2O2/c1-19-9-3-4-10(15)12(6-9)17-13(18)11-5-2-8(14)7-16-11/h2-7H,1H3,(H,17,18). The van der Waals surface area contributed by atoms with Gasteiger partial charge in [-0.05, 0) is 40.2 Å². The lowest BCUT2D eigenvalue weighted by Gasteiger charge is -2.08. The number of ether oxygens (including phenoxy) is 1. The molecule has 2 aromatic rings. The number of pyridine rings is 1. The molecule has 0 radical (unpaired) electrons. The molecule has 19 heavy (non-hydrogen) atoms. The van der Waals surface area contributed by atoms with E-state index in [1.165, 1.54) is 0 Å². The third-order valence-electron chi connectivity index (χ3n) is 2.38. The number of carbonyl (C=O) groups excluding carboxylic acids is 1. The molecule has 1 heterocycles. The monoisotopic (exact) mass is 340 g/mol. The third-order valence-corrected chi connectivity index (χ3v) is 3.18. The van der Waals surface area contributed by atoms with Gasteiger partial charge in [-0.15, -0.1) is 0 Å². The van der Waals surface area contributed by atoms with Crippen molar-refractivity contribution in [2.24, 2.45) is 0 Å². The van der Waals surface area contributed by atoms with Crippen molar-refractivity contribution in [1.82, 2.24) is 4.98 Å². The lowest BCUT2D eigenvalue weighted by Crippen LogP contribution is -2.13. The van der Waals surface area contributed by atoms with Crippen LogP contribution in [0.1, 0.15) is 10.5 Å². The zero-order chi connectivity index (χ0) is 13.8. The van der Waals surface area contributed by atoms with E-state index >= 15 is 0 Å². The Kier molecular flexibility index (Phi) is 4.39. The third kappa shape index (κ3) is 3.45. The van der Waals surface area contributed by atoms with Gasteiger partial charge in [0, 0.05) is 16.7 Å². The van der Waals surface area contributed by atoms with Crippen LogP contribution in [0.5, 0.6) is 5.75 Å². The maximum atomic E-state index is 12.0. The highest BCUT2D eigenvalue weighted by Gasteiger charge is 2.10. The molecule has 0 bridgehead atoms. The number of rotatable bonds is 3. The van der Waals surface area contributed by atoms with Gasteiger partial charge in [-0.3, -0.25) is 4.79 Å². The summed E-state index contributed by atoms with van der Waals surface area (Å²) in [6, 6.07) is 8.39. The van der Waals surface area contributed by atoms with E-state index in [1.807, 2.05) is 0 Å². The lowest BCUT2D eigenvalue weighted by atomic mass is 10.2. The van der Waals surface area contributed by atoms with Crippen LogP contribution in [0.15, 0.2) is 41.0 Å². The van der Waals surface area contributed by atoms with Crippen LogP contribution < -0.4 is 10.1 Å². The number of hydrogen-bond acceptors (Lipinski definition) is 3. The van der Waals surface area contributed by atoms with Crippen molar-refractivity contribution < 1.29 is 9.53 Å². The fourth-order valence-electron chi connectivity index (χ4n) is 1.42.